The maximum Gasteiger partial charge on any atom is 0.154 e. The lowest BCUT2D eigenvalue weighted by atomic mass is 10.0. The minimum Gasteiger partial charge on any atom is -0.356 e. The van der Waals surface area contributed by atoms with Gasteiger partial charge in [-0.1, -0.05) is 19.3 Å². The van der Waals surface area contributed by atoms with Crippen LogP contribution in [0.5, 0.6) is 0 Å². The number of ether oxygens (including phenoxy) is 2. The molecule has 90 valence electrons. The zero-order chi connectivity index (χ0) is 11.1. The highest BCUT2D eigenvalue weighted by Gasteiger charge is 2.19. The van der Waals surface area contributed by atoms with Crippen molar-refractivity contribution < 1.29 is 13.7 Å². The van der Waals surface area contributed by atoms with Crippen LogP contribution in [0.15, 0.2) is 0 Å². The predicted molar refractivity (Wildman–Crippen MR) is 62.3 cm³/mol. The molecule has 0 N–H and O–H groups in total. The summed E-state index contributed by atoms with van der Waals surface area (Å²) in [5, 5.41) is 0.417. The van der Waals surface area contributed by atoms with Crippen molar-refractivity contribution in [3.8, 4) is 0 Å². The van der Waals surface area contributed by atoms with Gasteiger partial charge in [-0.2, -0.15) is 0 Å². The summed E-state index contributed by atoms with van der Waals surface area (Å²) in [5.41, 5.74) is 0. The van der Waals surface area contributed by atoms with Crippen LogP contribution in [0.3, 0.4) is 0 Å². The van der Waals surface area contributed by atoms with Crippen LogP contribution in [0.25, 0.3) is 0 Å². The highest BCUT2D eigenvalue weighted by atomic mass is 32.2. The Kier molecular flexibility index (Phi) is 6.45. The third-order valence-electron chi connectivity index (χ3n) is 2.89. The Balaban J connectivity index is 2.12. The van der Waals surface area contributed by atoms with Crippen LogP contribution in [-0.2, 0) is 20.3 Å². The molecule has 1 rings (SSSR count). The lowest BCUT2D eigenvalue weighted by Crippen LogP contribution is -2.24. The van der Waals surface area contributed by atoms with E-state index in [1.54, 1.807) is 7.11 Å². The van der Waals surface area contributed by atoms with Gasteiger partial charge in [0.25, 0.3) is 0 Å². The summed E-state index contributed by atoms with van der Waals surface area (Å²) in [4.78, 5) is 0. The lowest BCUT2D eigenvalue weighted by Gasteiger charge is -2.21. The Hall–Kier alpha value is 0.0700. The number of hydrogen-bond acceptors (Lipinski definition) is 3. The number of methoxy groups -OCH3 is 1. The molecule has 1 fully saturated rings. The SMILES string of the molecule is COC(C)OCCS(=O)C1CCCCC1. The van der Waals surface area contributed by atoms with Crippen molar-refractivity contribution in [2.24, 2.45) is 0 Å². The van der Waals surface area contributed by atoms with E-state index in [-0.39, 0.29) is 6.29 Å². The fraction of sp³-hybridized carbons (Fsp3) is 1.00. The van der Waals surface area contributed by atoms with Crippen molar-refractivity contribution in [2.75, 3.05) is 19.5 Å². The van der Waals surface area contributed by atoms with Gasteiger partial charge in [-0.15, -0.1) is 0 Å². The molecule has 0 radical (unpaired) electrons. The van der Waals surface area contributed by atoms with Gasteiger partial charge in [0, 0.05) is 28.9 Å². The molecule has 0 spiro atoms. The van der Waals surface area contributed by atoms with E-state index >= 15 is 0 Å². The number of rotatable bonds is 6. The normalized spacial score (nSPS) is 22.5. The maximum absolute atomic E-state index is 11.9. The third-order valence-corrected chi connectivity index (χ3v) is 4.68. The largest absolute Gasteiger partial charge is 0.356 e. The Morgan fingerprint density at radius 2 is 2.00 bits per heavy atom. The maximum atomic E-state index is 11.9. The van der Waals surface area contributed by atoms with Gasteiger partial charge in [0.15, 0.2) is 6.29 Å². The van der Waals surface area contributed by atoms with E-state index in [2.05, 4.69) is 0 Å². The fourth-order valence-electron chi connectivity index (χ4n) is 1.86. The van der Waals surface area contributed by atoms with Crippen LogP contribution in [0.1, 0.15) is 39.0 Å². The molecule has 2 atom stereocenters. The van der Waals surface area contributed by atoms with E-state index in [9.17, 15) is 4.21 Å². The summed E-state index contributed by atoms with van der Waals surface area (Å²) in [5.74, 6) is 0.651. The van der Waals surface area contributed by atoms with Crippen LogP contribution in [0.2, 0.25) is 0 Å². The second kappa shape index (κ2) is 7.36. The molecule has 0 aromatic heterocycles. The van der Waals surface area contributed by atoms with Crippen molar-refractivity contribution in [3.63, 3.8) is 0 Å². The van der Waals surface area contributed by atoms with Crippen LogP contribution in [-0.4, -0.2) is 35.2 Å². The van der Waals surface area contributed by atoms with Crippen LogP contribution >= 0.6 is 0 Å². The molecule has 0 bridgehead atoms. The average Bonchev–Trinajstić information content (AvgIpc) is 2.29. The Labute approximate surface area is 95.0 Å². The van der Waals surface area contributed by atoms with Gasteiger partial charge in [-0.05, 0) is 19.8 Å². The molecule has 0 saturated heterocycles. The molecule has 0 heterocycles. The molecule has 0 aliphatic heterocycles. The fourth-order valence-corrected chi connectivity index (χ4v) is 3.31. The van der Waals surface area contributed by atoms with E-state index in [1.807, 2.05) is 6.92 Å². The Morgan fingerprint density at radius 3 is 2.60 bits per heavy atom. The highest BCUT2D eigenvalue weighted by Crippen LogP contribution is 2.22. The predicted octanol–water partition coefficient (Wildman–Crippen LogP) is 2.08. The molecule has 0 amide bonds. The van der Waals surface area contributed by atoms with Crippen LogP contribution in [0.4, 0.5) is 0 Å². The van der Waals surface area contributed by atoms with Crippen LogP contribution in [0, 0.1) is 0 Å². The van der Waals surface area contributed by atoms with Crippen molar-refractivity contribution in [1.82, 2.24) is 0 Å². The van der Waals surface area contributed by atoms with Gasteiger partial charge in [-0.25, -0.2) is 0 Å². The summed E-state index contributed by atoms with van der Waals surface area (Å²) in [6.07, 6.45) is 5.87. The summed E-state index contributed by atoms with van der Waals surface area (Å²) < 4.78 is 22.2. The van der Waals surface area contributed by atoms with Gasteiger partial charge in [0.05, 0.1) is 6.61 Å². The smallest absolute Gasteiger partial charge is 0.154 e. The van der Waals surface area contributed by atoms with Gasteiger partial charge in [0.1, 0.15) is 0 Å². The molecular weight excluding hydrogens is 212 g/mol. The Morgan fingerprint density at radius 1 is 1.33 bits per heavy atom. The van der Waals surface area contributed by atoms with E-state index < -0.39 is 10.8 Å². The Bertz CT molecular complexity index is 190. The topological polar surface area (TPSA) is 35.5 Å². The van der Waals surface area contributed by atoms with Crippen molar-refractivity contribution >= 4 is 10.8 Å². The second-order valence-corrected chi connectivity index (χ2v) is 5.86. The first-order chi connectivity index (χ1) is 7.24. The monoisotopic (exact) mass is 234 g/mol. The minimum atomic E-state index is -0.705. The summed E-state index contributed by atoms with van der Waals surface area (Å²) in [7, 11) is 0.908. The molecule has 2 unspecified atom stereocenters. The van der Waals surface area contributed by atoms with Gasteiger partial charge < -0.3 is 9.47 Å². The van der Waals surface area contributed by atoms with Crippen molar-refractivity contribution in [1.29, 1.82) is 0 Å². The van der Waals surface area contributed by atoms with E-state index in [4.69, 9.17) is 9.47 Å². The van der Waals surface area contributed by atoms with E-state index in [0.717, 1.165) is 12.8 Å². The standard InChI is InChI=1S/C11H22O3S/c1-10(13-2)14-8-9-15(12)11-6-4-3-5-7-11/h10-11H,3-9H2,1-2H3. The lowest BCUT2D eigenvalue weighted by molar-refractivity contribution is -0.105. The quantitative estimate of drug-likeness (QED) is 0.660. The van der Waals surface area contributed by atoms with Crippen LogP contribution < -0.4 is 0 Å². The zero-order valence-electron chi connectivity index (χ0n) is 9.74. The summed E-state index contributed by atoms with van der Waals surface area (Å²) in [6.45, 7) is 2.39. The van der Waals surface area contributed by atoms with Gasteiger partial charge in [-0.3, -0.25) is 4.21 Å². The minimum absolute atomic E-state index is 0.187. The number of hydrogen-bond donors (Lipinski definition) is 0. The van der Waals surface area contributed by atoms with E-state index in [0.29, 0.717) is 17.6 Å². The zero-order valence-corrected chi connectivity index (χ0v) is 10.6. The molecule has 15 heavy (non-hydrogen) atoms. The van der Waals surface area contributed by atoms with Crippen molar-refractivity contribution in [3.05, 3.63) is 0 Å². The highest BCUT2D eigenvalue weighted by molar-refractivity contribution is 7.85. The second-order valence-electron chi connectivity index (χ2n) is 4.02. The van der Waals surface area contributed by atoms with Gasteiger partial charge >= 0.3 is 0 Å². The molecule has 0 aromatic carbocycles. The van der Waals surface area contributed by atoms with Gasteiger partial charge in [0.2, 0.25) is 0 Å². The van der Waals surface area contributed by atoms with E-state index in [1.165, 1.54) is 19.3 Å². The molecular formula is C11H22O3S. The molecule has 1 aliphatic rings. The molecule has 1 aliphatic carbocycles. The molecule has 0 aromatic rings. The first-order valence-electron chi connectivity index (χ1n) is 5.75. The summed E-state index contributed by atoms with van der Waals surface area (Å²) in [6, 6.07) is 0. The third kappa shape index (κ3) is 5.09. The van der Waals surface area contributed by atoms with Crippen molar-refractivity contribution in [2.45, 2.75) is 50.6 Å². The summed E-state index contributed by atoms with van der Waals surface area (Å²) >= 11 is 0. The molecule has 1 saturated carbocycles. The first kappa shape index (κ1) is 13.1. The molecule has 4 heteroatoms. The first-order valence-corrected chi connectivity index (χ1v) is 7.14. The molecule has 3 nitrogen and oxygen atoms in total. The average molecular weight is 234 g/mol.